The summed E-state index contributed by atoms with van der Waals surface area (Å²) < 4.78 is 30.9. The highest BCUT2D eigenvalue weighted by molar-refractivity contribution is 7.86. The van der Waals surface area contributed by atoms with Crippen molar-refractivity contribution in [3.63, 3.8) is 0 Å². The van der Waals surface area contributed by atoms with Crippen molar-refractivity contribution in [3.8, 4) is 0 Å². The fourth-order valence-corrected chi connectivity index (χ4v) is 3.31. The molecule has 5 heteroatoms. The first-order valence-electron chi connectivity index (χ1n) is 10.5. The summed E-state index contributed by atoms with van der Waals surface area (Å²) in [5.41, 5.74) is -1.72. The summed E-state index contributed by atoms with van der Waals surface area (Å²) in [4.78, 5) is 0. The van der Waals surface area contributed by atoms with Crippen LogP contribution in [-0.2, 0) is 10.1 Å². The van der Waals surface area contributed by atoms with E-state index in [1.165, 1.54) is 0 Å². The van der Waals surface area contributed by atoms with Gasteiger partial charge in [-0.3, -0.25) is 4.55 Å². The third-order valence-electron chi connectivity index (χ3n) is 4.27. The molecule has 29 heavy (non-hydrogen) atoms. The Kier molecular flexibility index (Phi) is 17.3. The van der Waals surface area contributed by atoms with Gasteiger partial charge in [-0.05, 0) is 51.4 Å². The molecule has 0 aliphatic carbocycles. The zero-order chi connectivity index (χ0) is 21.8. The SMILES string of the molecule is CCC=CCC=CCC=CCC=CCC=CCC=CCC(CC)C(O)S(=O)(=O)O. The topological polar surface area (TPSA) is 74.6 Å². The molecule has 0 aromatic rings. The Morgan fingerprint density at radius 2 is 1.00 bits per heavy atom. The van der Waals surface area contributed by atoms with Gasteiger partial charge in [-0.2, -0.15) is 8.42 Å². The first-order valence-corrected chi connectivity index (χ1v) is 12.0. The number of hydrogen-bond donors (Lipinski definition) is 2. The second-order valence-corrected chi connectivity index (χ2v) is 8.24. The normalized spacial score (nSPS) is 15.9. The fourth-order valence-electron chi connectivity index (χ4n) is 2.52. The lowest BCUT2D eigenvalue weighted by molar-refractivity contribution is 0.166. The summed E-state index contributed by atoms with van der Waals surface area (Å²) in [6.45, 7) is 3.93. The highest BCUT2D eigenvalue weighted by Gasteiger charge is 2.27. The lowest BCUT2D eigenvalue weighted by Crippen LogP contribution is -2.28. The minimum absolute atomic E-state index is 0.419. The molecule has 2 unspecified atom stereocenters. The summed E-state index contributed by atoms with van der Waals surface area (Å²) in [5.74, 6) is -0.491. The molecule has 0 bridgehead atoms. The van der Waals surface area contributed by atoms with Crippen molar-refractivity contribution < 1.29 is 18.1 Å². The van der Waals surface area contributed by atoms with Gasteiger partial charge < -0.3 is 5.11 Å². The third-order valence-corrected chi connectivity index (χ3v) is 5.26. The van der Waals surface area contributed by atoms with Gasteiger partial charge in [0.25, 0.3) is 10.1 Å². The number of allylic oxidation sites excluding steroid dienone is 12. The first-order chi connectivity index (χ1) is 13.9. The smallest absolute Gasteiger partial charge is 0.292 e. The Labute approximate surface area is 177 Å². The highest BCUT2D eigenvalue weighted by atomic mass is 32.2. The monoisotopic (exact) mass is 422 g/mol. The molecule has 0 aromatic carbocycles. The quantitative estimate of drug-likeness (QED) is 0.226. The van der Waals surface area contributed by atoms with Gasteiger partial charge >= 0.3 is 0 Å². The van der Waals surface area contributed by atoms with E-state index in [0.29, 0.717) is 12.8 Å². The van der Waals surface area contributed by atoms with Crippen molar-refractivity contribution >= 4 is 10.1 Å². The molecular formula is C24H38O4S. The summed E-state index contributed by atoms with van der Waals surface area (Å²) in [5, 5.41) is 9.59. The van der Waals surface area contributed by atoms with Crippen LogP contribution in [0.25, 0.3) is 0 Å². The number of aliphatic hydroxyl groups is 1. The molecule has 0 aromatic heterocycles. The van der Waals surface area contributed by atoms with Crippen molar-refractivity contribution in [1.29, 1.82) is 0 Å². The molecule has 0 heterocycles. The molecule has 0 aliphatic rings. The van der Waals surface area contributed by atoms with Gasteiger partial charge in [-0.15, -0.1) is 0 Å². The largest absolute Gasteiger partial charge is 0.375 e. The number of rotatable bonds is 16. The van der Waals surface area contributed by atoms with E-state index in [1.54, 1.807) is 6.92 Å². The van der Waals surface area contributed by atoms with E-state index in [0.717, 1.165) is 38.5 Å². The minimum atomic E-state index is -4.40. The average Bonchev–Trinajstić information content (AvgIpc) is 2.68. The second kappa shape index (κ2) is 18.3. The predicted octanol–water partition coefficient (Wildman–Crippen LogP) is 6.31. The summed E-state index contributed by atoms with van der Waals surface area (Å²) in [6.07, 6.45) is 31.8. The van der Waals surface area contributed by atoms with Crippen LogP contribution in [0.1, 0.15) is 65.2 Å². The molecular weight excluding hydrogens is 384 g/mol. The van der Waals surface area contributed by atoms with Crippen LogP contribution in [0.15, 0.2) is 72.9 Å². The Balaban J connectivity index is 3.86. The standard InChI is InChI=1S/C24H38O4S/c1-3-5-6-7-8-9-10-11-12-13-14-15-16-17-18-19-20-21-22-23(4-2)24(25)29(26,27)28/h5-6,8-9,11-12,14-15,17-18,20-21,23-25H,3-4,7,10,13,16,19,22H2,1-2H3,(H,26,27,28). The molecule has 0 radical (unpaired) electrons. The molecule has 0 saturated carbocycles. The maximum Gasteiger partial charge on any atom is 0.292 e. The molecule has 4 nitrogen and oxygen atoms in total. The molecule has 0 saturated heterocycles. The zero-order valence-electron chi connectivity index (χ0n) is 17.9. The van der Waals surface area contributed by atoms with Gasteiger partial charge in [-0.25, -0.2) is 0 Å². The van der Waals surface area contributed by atoms with Crippen LogP contribution in [0.4, 0.5) is 0 Å². The van der Waals surface area contributed by atoms with Crippen LogP contribution in [0.3, 0.4) is 0 Å². The predicted molar refractivity (Wildman–Crippen MR) is 124 cm³/mol. The van der Waals surface area contributed by atoms with Crippen molar-refractivity contribution in [1.82, 2.24) is 0 Å². The maximum atomic E-state index is 11.0. The second-order valence-electron chi connectivity index (χ2n) is 6.72. The van der Waals surface area contributed by atoms with E-state index >= 15 is 0 Å². The van der Waals surface area contributed by atoms with Gasteiger partial charge in [-0.1, -0.05) is 86.8 Å². The van der Waals surface area contributed by atoms with Crippen molar-refractivity contribution in [3.05, 3.63) is 72.9 Å². The summed E-state index contributed by atoms with van der Waals surface area (Å²) in [6, 6.07) is 0. The summed E-state index contributed by atoms with van der Waals surface area (Å²) >= 11 is 0. The van der Waals surface area contributed by atoms with Crippen LogP contribution in [0, 0.1) is 5.92 Å². The molecule has 0 spiro atoms. The van der Waals surface area contributed by atoms with Crippen LogP contribution in [0.5, 0.6) is 0 Å². The molecule has 164 valence electrons. The minimum Gasteiger partial charge on any atom is -0.375 e. The van der Waals surface area contributed by atoms with E-state index in [2.05, 4.69) is 67.7 Å². The van der Waals surface area contributed by atoms with Crippen molar-refractivity contribution in [2.45, 2.75) is 70.7 Å². The van der Waals surface area contributed by atoms with Gasteiger partial charge in [0.1, 0.15) is 0 Å². The van der Waals surface area contributed by atoms with Crippen LogP contribution < -0.4 is 0 Å². The van der Waals surface area contributed by atoms with Crippen molar-refractivity contribution in [2.75, 3.05) is 0 Å². The highest BCUT2D eigenvalue weighted by Crippen LogP contribution is 2.18. The molecule has 0 rings (SSSR count). The van der Waals surface area contributed by atoms with Crippen LogP contribution in [0.2, 0.25) is 0 Å². The molecule has 0 aliphatic heterocycles. The Morgan fingerprint density at radius 1 is 0.655 bits per heavy atom. The number of hydrogen-bond acceptors (Lipinski definition) is 3. The Hall–Kier alpha value is -1.69. The van der Waals surface area contributed by atoms with E-state index in [4.69, 9.17) is 4.55 Å². The molecule has 2 atom stereocenters. The van der Waals surface area contributed by atoms with Gasteiger partial charge in [0.15, 0.2) is 5.44 Å². The van der Waals surface area contributed by atoms with Gasteiger partial charge in [0, 0.05) is 5.92 Å². The zero-order valence-corrected chi connectivity index (χ0v) is 18.7. The summed E-state index contributed by atoms with van der Waals surface area (Å²) in [7, 11) is -4.40. The first kappa shape index (κ1) is 27.3. The Morgan fingerprint density at radius 3 is 1.31 bits per heavy atom. The number of aliphatic hydroxyl groups excluding tert-OH is 1. The van der Waals surface area contributed by atoms with Gasteiger partial charge in [0.05, 0.1) is 0 Å². The van der Waals surface area contributed by atoms with E-state index < -0.39 is 21.5 Å². The lowest BCUT2D eigenvalue weighted by Gasteiger charge is -2.16. The maximum absolute atomic E-state index is 11.0. The van der Waals surface area contributed by atoms with E-state index in [9.17, 15) is 13.5 Å². The van der Waals surface area contributed by atoms with E-state index in [1.807, 2.05) is 12.2 Å². The average molecular weight is 423 g/mol. The third kappa shape index (κ3) is 16.9. The van der Waals surface area contributed by atoms with Gasteiger partial charge in [0.2, 0.25) is 0 Å². The van der Waals surface area contributed by atoms with Crippen molar-refractivity contribution in [2.24, 2.45) is 5.92 Å². The van der Waals surface area contributed by atoms with E-state index in [-0.39, 0.29) is 0 Å². The van der Waals surface area contributed by atoms with Crippen LogP contribution >= 0.6 is 0 Å². The molecule has 0 fully saturated rings. The van der Waals surface area contributed by atoms with Crippen LogP contribution in [-0.4, -0.2) is 23.5 Å². The molecule has 0 amide bonds. The fraction of sp³-hybridized carbons (Fsp3) is 0.500. The Bertz CT molecular complexity index is 667. The lowest BCUT2D eigenvalue weighted by atomic mass is 10.0. The molecule has 2 N–H and O–H groups in total.